The van der Waals surface area contributed by atoms with E-state index in [1.165, 1.54) is 5.56 Å². The zero-order chi connectivity index (χ0) is 17.5. The Hall–Kier alpha value is -2.47. The number of carbonyl (C=O) groups excluding carboxylic acids is 1. The predicted octanol–water partition coefficient (Wildman–Crippen LogP) is 1.92. The smallest absolute Gasteiger partial charge is 0.227 e. The second kappa shape index (κ2) is 8.58. The predicted molar refractivity (Wildman–Crippen MR) is 96.4 cm³/mol. The van der Waals surface area contributed by atoms with Crippen LogP contribution in [0, 0.1) is 0 Å². The Bertz CT molecular complexity index is 693. The molecular weight excluding hydrogens is 316 g/mol. The van der Waals surface area contributed by atoms with Crippen molar-refractivity contribution in [2.24, 2.45) is 0 Å². The summed E-state index contributed by atoms with van der Waals surface area (Å²) in [6, 6.07) is 7.87. The van der Waals surface area contributed by atoms with Crippen LogP contribution in [0.4, 0.5) is 5.82 Å². The van der Waals surface area contributed by atoms with Gasteiger partial charge in [0, 0.05) is 38.7 Å². The van der Waals surface area contributed by atoms with Crippen molar-refractivity contribution in [2.75, 3.05) is 32.1 Å². The average molecular weight is 340 g/mol. The van der Waals surface area contributed by atoms with Gasteiger partial charge in [-0.1, -0.05) is 6.07 Å². The number of nitrogens with zero attached hydrogens (tertiary/aromatic N) is 3. The number of amides is 1. The lowest BCUT2D eigenvalue weighted by Gasteiger charge is -2.33. The summed E-state index contributed by atoms with van der Waals surface area (Å²) in [5.74, 6) is 1.01. The molecule has 1 aliphatic heterocycles. The standard InChI is InChI=1S/C19H24N4O2/c1-20-18-11-15(6-8-22-18)4-5-17-14-23(9-10-25-17)19(24)12-16-3-2-7-21-13-16/h2-3,6-8,11,13,17H,4-5,9-10,12,14H2,1H3,(H,20,22)/t17-/m1/s1. The quantitative estimate of drug-likeness (QED) is 0.870. The Kier molecular flexibility index (Phi) is 5.95. The van der Waals surface area contributed by atoms with E-state index >= 15 is 0 Å². The molecule has 2 aromatic heterocycles. The number of aromatic nitrogens is 2. The summed E-state index contributed by atoms with van der Waals surface area (Å²) in [6.07, 6.45) is 7.56. The van der Waals surface area contributed by atoms with E-state index in [0.717, 1.165) is 24.2 Å². The number of hydrogen-bond acceptors (Lipinski definition) is 5. The van der Waals surface area contributed by atoms with Gasteiger partial charge in [-0.25, -0.2) is 4.98 Å². The van der Waals surface area contributed by atoms with Crippen molar-refractivity contribution < 1.29 is 9.53 Å². The van der Waals surface area contributed by atoms with Crippen LogP contribution in [0.25, 0.3) is 0 Å². The van der Waals surface area contributed by atoms with Crippen molar-refractivity contribution >= 4 is 11.7 Å². The molecule has 6 heteroatoms. The Morgan fingerprint density at radius 1 is 1.36 bits per heavy atom. The summed E-state index contributed by atoms with van der Waals surface area (Å²) in [7, 11) is 1.86. The highest BCUT2D eigenvalue weighted by Crippen LogP contribution is 2.15. The number of morpholine rings is 1. The van der Waals surface area contributed by atoms with Crippen LogP contribution < -0.4 is 5.32 Å². The summed E-state index contributed by atoms with van der Waals surface area (Å²) >= 11 is 0. The van der Waals surface area contributed by atoms with Gasteiger partial charge in [-0.2, -0.15) is 0 Å². The van der Waals surface area contributed by atoms with Gasteiger partial charge < -0.3 is 15.0 Å². The van der Waals surface area contributed by atoms with E-state index in [-0.39, 0.29) is 12.0 Å². The largest absolute Gasteiger partial charge is 0.375 e. The van der Waals surface area contributed by atoms with Gasteiger partial charge >= 0.3 is 0 Å². The monoisotopic (exact) mass is 340 g/mol. The van der Waals surface area contributed by atoms with Crippen molar-refractivity contribution in [1.29, 1.82) is 0 Å². The molecule has 1 amide bonds. The highest BCUT2D eigenvalue weighted by molar-refractivity contribution is 5.78. The molecule has 1 fully saturated rings. The normalized spacial score (nSPS) is 17.3. The molecule has 0 saturated carbocycles. The third-order valence-corrected chi connectivity index (χ3v) is 4.41. The van der Waals surface area contributed by atoms with Gasteiger partial charge in [-0.05, 0) is 42.2 Å². The van der Waals surface area contributed by atoms with E-state index in [4.69, 9.17) is 4.74 Å². The van der Waals surface area contributed by atoms with Crippen LogP contribution in [0.15, 0.2) is 42.9 Å². The van der Waals surface area contributed by atoms with Gasteiger partial charge in [-0.3, -0.25) is 9.78 Å². The second-order valence-corrected chi connectivity index (χ2v) is 6.21. The first-order chi connectivity index (χ1) is 12.2. The zero-order valence-electron chi connectivity index (χ0n) is 14.5. The third-order valence-electron chi connectivity index (χ3n) is 4.41. The van der Waals surface area contributed by atoms with E-state index in [0.29, 0.717) is 26.1 Å². The lowest BCUT2D eigenvalue weighted by molar-refractivity contribution is -0.138. The number of ether oxygens (including phenoxy) is 1. The number of aryl methyl sites for hydroxylation is 1. The van der Waals surface area contributed by atoms with Gasteiger partial charge in [0.05, 0.1) is 19.1 Å². The highest BCUT2D eigenvalue weighted by Gasteiger charge is 2.24. The Balaban J connectivity index is 1.51. The average Bonchev–Trinajstić information content (AvgIpc) is 2.67. The first kappa shape index (κ1) is 17.4. The Morgan fingerprint density at radius 2 is 2.28 bits per heavy atom. The van der Waals surface area contributed by atoms with Crippen molar-refractivity contribution in [3.05, 3.63) is 54.0 Å². The molecule has 1 N–H and O–H groups in total. The van der Waals surface area contributed by atoms with Crippen LogP contribution in [-0.4, -0.2) is 53.6 Å². The lowest BCUT2D eigenvalue weighted by Crippen LogP contribution is -2.46. The topological polar surface area (TPSA) is 67.4 Å². The SMILES string of the molecule is CNc1cc(CC[C@@H]2CN(C(=O)Cc3cccnc3)CCO2)ccn1. The van der Waals surface area contributed by atoms with Gasteiger partial charge in [0.15, 0.2) is 0 Å². The second-order valence-electron chi connectivity index (χ2n) is 6.21. The van der Waals surface area contributed by atoms with Gasteiger partial charge in [0.25, 0.3) is 0 Å². The van der Waals surface area contributed by atoms with E-state index in [1.807, 2.05) is 42.4 Å². The van der Waals surface area contributed by atoms with Crippen LogP contribution in [0.5, 0.6) is 0 Å². The lowest BCUT2D eigenvalue weighted by atomic mass is 10.1. The summed E-state index contributed by atoms with van der Waals surface area (Å²) in [4.78, 5) is 22.7. The highest BCUT2D eigenvalue weighted by atomic mass is 16.5. The molecule has 0 aliphatic carbocycles. The van der Waals surface area contributed by atoms with Crippen molar-refractivity contribution in [3.63, 3.8) is 0 Å². The molecule has 25 heavy (non-hydrogen) atoms. The van der Waals surface area contributed by atoms with Gasteiger partial charge in [0.2, 0.25) is 5.91 Å². The van der Waals surface area contributed by atoms with Crippen LogP contribution in [-0.2, 0) is 22.4 Å². The third kappa shape index (κ3) is 5.00. The number of pyridine rings is 2. The Morgan fingerprint density at radius 3 is 3.08 bits per heavy atom. The van der Waals surface area contributed by atoms with Crippen LogP contribution >= 0.6 is 0 Å². The molecular formula is C19H24N4O2. The summed E-state index contributed by atoms with van der Waals surface area (Å²) in [5.41, 5.74) is 2.17. The van der Waals surface area contributed by atoms with Crippen LogP contribution in [0.3, 0.4) is 0 Å². The van der Waals surface area contributed by atoms with Crippen molar-refractivity contribution in [3.8, 4) is 0 Å². The number of anilines is 1. The number of nitrogens with one attached hydrogen (secondary N) is 1. The number of carbonyl (C=O) groups is 1. The Labute approximate surface area is 148 Å². The van der Waals surface area contributed by atoms with E-state index < -0.39 is 0 Å². The van der Waals surface area contributed by atoms with Gasteiger partial charge in [0.1, 0.15) is 5.82 Å². The number of rotatable bonds is 6. The maximum Gasteiger partial charge on any atom is 0.227 e. The molecule has 0 spiro atoms. The fourth-order valence-electron chi connectivity index (χ4n) is 3.00. The summed E-state index contributed by atoms with van der Waals surface area (Å²) in [5, 5.41) is 3.05. The van der Waals surface area contributed by atoms with Crippen LogP contribution in [0.2, 0.25) is 0 Å². The molecule has 0 bridgehead atoms. The molecule has 3 heterocycles. The fourth-order valence-corrected chi connectivity index (χ4v) is 3.00. The summed E-state index contributed by atoms with van der Waals surface area (Å²) in [6.45, 7) is 1.92. The van der Waals surface area contributed by atoms with Gasteiger partial charge in [-0.15, -0.1) is 0 Å². The molecule has 132 valence electrons. The molecule has 3 rings (SSSR count). The summed E-state index contributed by atoms with van der Waals surface area (Å²) < 4.78 is 5.85. The van der Waals surface area contributed by atoms with E-state index in [9.17, 15) is 4.79 Å². The minimum Gasteiger partial charge on any atom is -0.375 e. The zero-order valence-corrected chi connectivity index (χ0v) is 14.5. The fraction of sp³-hybridized carbons (Fsp3) is 0.421. The van der Waals surface area contributed by atoms with E-state index in [2.05, 4.69) is 15.3 Å². The minimum atomic E-state index is 0.0813. The molecule has 0 unspecified atom stereocenters. The molecule has 1 atom stereocenters. The van der Waals surface area contributed by atoms with Crippen LogP contribution in [0.1, 0.15) is 17.5 Å². The maximum absolute atomic E-state index is 12.5. The molecule has 1 aliphatic rings. The first-order valence-electron chi connectivity index (χ1n) is 8.65. The molecule has 0 radical (unpaired) electrons. The first-order valence-corrected chi connectivity index (χ1v) is 8.65. The maximum atomic E-state index is 12.5. The van der Waals surface area contributed by atoms with E-state index in [1.54, 1.807) is 12.4 Å². The number of hydrogen-bond donors (Lipinski definition) is 1. The molecule has 1 saturated heterocycles. The molecule has 2 aromatic rings. The van der Waals surface area contributed by atoms with Crippen molar-refractivity contribution in [2.45, 2.75) is 25.4 Å². The molecule has 0 aromatic carbocycles. The minimum absolute atomic E-state index is 0.0813. The van der Waals surface area contributed by atoms with Crippen molar-refractivity contribution in [1.82, 2.24) is 14.9 Å². The molecule has 6 nitrogen and oxygen atoms in total.